The minimum Gasteiger partial charge on any atom is -0.494 e. The van der Waals surface area contributed by atoms with E-state index in [1.807, 2.05) is 42.6 Å². The van der Waals surface area contributed by atoms with E-state index >= 15 is 0 Å². The second-order valence-corrected chi connectivity index (χ2v) is 9.52. The molecule has 3 aromatic carbocycles. The number of ether oxygens (including phenoxy) is 1. The number of rotatable bonds is 10. The van der Waals surface area contributed by atoms with Gasteiger partial charge in [0, 0.05) is 29.7 Å². The van der Waals surface area contributed by atoms with Crippen LogP contribution >= 0.6 is 23.2 Å². The Bertz CT molecular complexity index is 1410. The van der Waals surface area contributed by atoms with Crippen LogP contribution in [-0.2, 0) is 11.3 Å². The maximum Gasteiger partial charge on any atom is 0.303 e. The highest BCUT2D eigenvalue weighted by Crippen LogP contribution is 2.31. The van der Waals surface area contributed by atoms with Crippen LogP contribution in [0, 0.1) is 0 Å². The third-order valence-corrected chi connectivity index (χ3v) is 6.51. The van der Waals surface area contributed by atoms with Gasteiger partial charge in [-0.3, -0.25) is 4.79 Å². The average molecular weight is 535 g/mol. The number of aromatic nitrogens is 2. The molecule has 7 heteroatoms. The highest BCUT2D eigenvalue weighted by atomic mass is 35.5. The lowest BCUT2D eigenvalue weighted by Crippen LogP contribution is -2.01. The first-order valence-corrected chi connectivity index (χ1v) is 12.9. The van der Waals surface area contributed by atoms with Gasteiger partial charge in [-0.25, -0.2) is 4.98 Å². The van der Waals surface area contributed by atoms with Gasteiger partial charge in [-0.1, -0.05) is 59.6 Å². The van der Waals surface area contributed by atoms with Crippen molar-refractivity contribution in [3.05, 3.63) is 94.4 Å². The number of benzene rings is 3. The van der Waals surface area contributed by atoms with Gasteiger partial charge in [-0.05, 0) is 78.9 Å². The summed E-state index contributed by atoms with van der Waals surface area (Å²) in [6.07, 6.45) is 4.74. The van der Waals surface area contributed by atoms with Crippen molar-refractivity contribution in [2.24, 2.45) is 0 Å². The Hall–Kier alpha value is -3.54. The quantitative estimate of drug-likeness (QED) is 0.207. The number of carbonyl (C=O) groups is 1. The summed E-state index contributed by atoms with van der Waals surface area (Å²) in [6.45, 7) is 5.32. The number of allylic oxidation sites excluding steroid dienone is 1. The predicted molar refractivity (Wildman–Crippen MR) is 151 cm³/mol. The zero-order valence-electron chi connectivity index (χ0n) is 20.7. The fraction of sp³-hybridized carbons (Fsp3) is 0.200. The van der Waals surface area contributed by atoms with E-state index in [-0.39, 0.29) is 6.42 Å². The molecule has 0 fully saturated rings. The number of hydrogen-bond donors (Lipinski definition) is 1. The molecule has 1 heterocycles. The molecule has 0 saturated carbocycles. The zero-order chi connectivity index (χ0) is 26.4. The third kappa shape index (κ3) is 6.82. The maximum atomic E-state index is 10.6. The maximum absolute atomic E-state index is 10.6. The lowest BCUT2D eigenvalue weighted by molar-refractivity contribution is -0.137. The van der Waals surface area contributed by atoms with Crippen molar-refractivity contribution >= 4 is 40.8 Å². The van der Waals surface area contributed by atoms with Crippen molar-refractivity contribution in [3.8, 4) is 28.1 Å². The van der Waals surface area contributed by atoms with Crippen LogP contribution < -0.4 is 4.74 Å². The van der Waals surface area contributed by atoms with Gasteiger partial charge in [-0.2, -0.15) is 0 Å². The molecule has 37 heavy (non-hydrogen) atoms. The molecule has 0 radical (unpaired) electrons. The van der Waals surface area contributed by atoms with E-state index in [2.05, 4.69) is 48.8 Å². The van der Waals surface area contributed by atoms with Gasteiger partial charge >= 0.3 is 5.97 Å². The second kappa shape index (κ2) is 12.1. The molecule has 5 nitrogen and oxygen atoms in total. The molecule has 0 bridgehead atoms. The molecule has 0 spiro atoms. The number of carboxylic acid groups (broad SMARTS) is 1. The molecule has 1 N–H and O–H groups in total. The van der Waals surface area contributed by atoms with E-state index in [0.717, 1.165) is 51.6 Å². The normalized spacial score (nSPS) is 11.5. The lowest BCUT2D eigenvalue weighted by atomic mass is 10.0. The monoisotopic (exact) mass is 534 g/mol. The van der Waals surface area contributed by atoms with Crippen LogP contribution in [0.3, 0.4) is 0 Å². The average Bonchev–Trinajstić information content (AvgIpc) is 3.32. The van der Waals surface area contributed by atoms with E-state index < -0.39 is 5.97 Å². The summed E-state index contributed by atoms with van der Waals surface area (Å²) in [6, 6.07) is 21.6. The number of aryl methyl sites for hydroxylation is 1. The molecule has 0 unspecified atom stereocenters. The second-order valence-electron chi connectivity index (χ2n) is 8.68. The Morgan fingerprint density at radius 1 is 1.03 bits per heavy atom. The third-order valence-electron chi connectivity index (χ3n) is 5.96. The fourth-order valence-electron chi connectivity index (χ4n) is 4.04. The SMILES string of the molecule is CCn1cc(-c2ccc(Cl)cc2Cl)nc1/C(C)=C/c1ccc(-c2ccc(OCCCC(=O)O)cc2)cc1. The number of aliphatic carboxylic acids is 1. The van der Waals surface area contributed by atoms with Gasteiger partial charge in [0.1, 0.15) is 11.6 Å². The molecule has 4 aromatic rings. The number of hydrogen-bond acceptors (Lipinski definition) is 3. The smallest absolute Gasteiger partial charge is 0.303 e. The van der Waals surface area contributed by atoms with Crippen LogP contribution in [0.4, 0.5) is 0 Å². The number of nitrogens with zero attached hydrogens (tertiary/aromatic N) is 2. The molecule has 190 valence electrons. The first-order chi connectivity index (χ1) is 17.8. The molecule has 0 atom stereocenters. The van der Waals surface area contributed by atoms with E-state index in [9.17, 15) is 4.79 Å². The summed E-state index contributed by atoms with van der Waals surface area (Å²) >= 11 is 12.5. The molecule has 0 aliphatic rings. The highest BCUT2D eigenvalue weighted by Gasteiger charge is 2.13. The van der Waals surface area contributed by atoms with Crippen LogP contribution in [-0.4, -0.2) is 27.2 Å². The summed E-state index contributed by atoms with van der Waals surface area (Å²) in [5, 5.41) is 9.89. The minimum atomic E-state index is -0.810. The van der Waals surface area contributed by atoms with Crippen LogP contribution in [0.2, 0.25) is 10.0 Å². The van der Waals surface area contributed by atoms with Gasteiger partial charge in [0.15, 0.2) is 0 Å². The van der Waals surface area contributed by atoms with Crippen LogP contribution in [0.25, 0.3) is 34.0 Å². The largest absolute Gasteiger partial charge is 0.494 e. The predicted octanol–water partition coefficient (Wildman–Crippen LogP) is 8.35. The van der Waals surface area contributed by atoms with Crippen molar-refractivity contribution in [1.29, 1.82) is 0 Å². The van der Waals surface area contributed by atoms with E-state index in [0.29, 0.717) is 23.1 Å². The lowest BCUT2D eigenvalue weighted by Gasteiger charge is -2.08. The molecule has 0 amide bonds. The van der Waals surface area contributed by atoms with Gasteiger partial charge in [0.25, 0.3) is 0 Å². The van der Waals surface area contributed by atoms with E-state index in [4.69, 9.17) is 38.0 Å². The highest BCUT2D eigenvalue weighted by molar-refractivity contribution is 6.36. The van der Waals surface area contributed by atoms with Crippen LogP contribution in [0.15, 0.2) is 72.9 Å². The molecule has 0 saturated heterocycles. The molecular formula is C30H28Cl2N2O3. The van der Waals surface area contributed by atoms with Gasteiger partial charge in [0.2, 0.25) is 0 Å². The van der Waals surface area contributed by atoms with Crippen molar-refractivity contribution < 1.29 is 14.6 Å². The molecule has 4 rings (SSSR count). The van der Waals surface area contributed by atoms with E-state index in [1.54, 1.807) is 6.07 Å². The molecule has 0 aliphatic heterocycles. The molecule has 0 aliphatic carbocycles. The zero-order valence-corrected chi connectivity index (χ0v) is 22.3. The first kappa shape index (κ1) is 26.5. The standard InChI is InChI=1S/C30H28Cl2N2O3/c1-3-34-19-28(26-15-12-24(31)18-27(26)32)33-30(34)20(2)17-21-6-8-22(9-7-21)23-10-13-25(14-11-23)37-16-4-5-29(35)36/h6-15,17-19H,3-5,16H2,1-2H3,(H,35,36)/b20-17+. The fourth-order valence-corrected chi connectivity index (χ4v) is 4.55. The van der Waals surface area contributed by atoms with Crippen LogP contribution in [0.1, 0.15) is 38.1 Å². The van der Waals surface area contributed by atoms with Gasteiger partial charge in [0.05, 0.1) is 17.3 Å². The van der Waals surface area contributed by atoms with Gasteiger partial charge < -0.3 is 14.4 Å². The Morgan fingerprint density at radius 3 is 2.32 bits per heavy atom. The van der Waals surface area contributed by atoms with Crippen molar-refractivity contribution in [3.63, 3.8) is 0 Å². The summed E-state index contributed by atoms with van der Waals surface area (Å²) in [7, 11) is 0. The molecule has 1 aromatic heterocycles. The summed E-state index contributed by atoms with van der Waals surface area (Å²) in [5.74, 6) is 0.817. The Kier molecular flexibility index (Phi) is 8.70. The Balaban J connectivity index is 1.47. The van der Waals surface area contributed by atoms with Gasteiger partial charge in [-0.15, -0.1) is 0 Å². The van der Waals surface area contributed by atoms with Crippen molar-refractivity contribution in [2.75, 3.05) is 6.61 Å². The topological polar surface area (TPSA) is 64.4 Å². The van der Waals surface area contributed by atoms with Crippen molar-refractivity contribution in [1.82, 2.24) is 9.55 Å². The number of carboxylic acids is 1. The first-order valence-electron chi connectivity index (χ1n) is 12.1. The summed E-state index contributed by atoms with van der Waals surface area (Å²) < 4.78 is 7.74. The van der Waals surface area contributed by atoms with E-state index in [1.165, 1.54) is 0 Å². The Labute approximate surface area is 227 Å². The molecular weight excluding hydrogens is 507 g/mol. The Morgan fingerprint density at radius 2 is 1.70 bits per heavy atom. The summed E-state index contributed by atoms with van der Waals surface area (Å²) in [4.78, 5) is 15.5. The minimum absolute atomic E-state index is 0.108. The number of imidazole rings is 1. The van der Waals surface area contributed by atoms with Crippen LogP contribution in [0.5, 0.6) is 5.75 Å². The van der Waals surface area contributed by atoms with Crippen molar-refractivity contribution in [2.45, 2.75) is 33.2 Å². The number of halogens is 2. The summed E-state index contributed by atoms with van der Waals surface area (Å²) in [5.41, 5.74) is 5.98.